The van der Waals surface area contributed by atoms with Crippen LogP contribution in [0.15, 0.2) is 97.1 Å². The standard InChI is InChI=1S/C78H95N13O24/c1-40(60(92)79(12)68(100)101)88(41(2)61(93)80(13)69(102)103)56-32-31-53-57-48(25-23-29-51(56)57)33-35-77(53,90(44(5)64(96)83(16)72(108)109)45(6)65(97)84(17)73(110)111)38-87(50-27-21-20-22-28-50)39-78(91(46(7)66(98)85(18)74(112)113)47(8)67(99)86(19)75(114)115)36-34-49-26-24-30-52-58(49)54(78)37-55(76(9,10)11)59(52)89(42(3)62(94)81(14)70(104)105)43(4)63(95)82(15)71(106)107/h20-37,40-47H,38-39H2,1-19H3,(H,100,101)(H,102,103)(H,104,105)(H,106,107)(H,108,109)(H,110,111)(H,112,113)(H,114,115). The molecular weight excluding hydrogens is 1500 g/mol. The summed E-state index contributed by atoms with van der Waals surface area (Å²) < 4.78 is 0. The molecule has 2 aliphatic rings. The second-order valence-corrected chi connectivity index (χ2v) is 29.4. The summed E-state index contributed by atoms with van der Waals surface area (Å²) in [6, 6.07) is 7.57. The van der Waals surface area contributed by atoms with E-state index >= 15 is 19.2 Å². The summed E-state index contributed by atoms with van der Waals surface area (Å²) >= 11 is 0. The second kappa shape index (κ2) is 34.1. The van der Waals surface area contributed by atoms with Crippen molar-refractivity contribution in [3.8, 4) is 0 Å². The molecule has 115 heavy (non-hydrogen) atoms. The first kappa shape index (κ1) is 89.1. The lowest BCUT2D eigenvalue weighted by atomic mass is 9.72. The van der Waals surface area contributed by atoms with E-state index in [1.165, 1.54) is 105 Å². The normalized spacial score (nSPS) is 16.7. The van der Waals surface area contributed by atoms with Gasteiger partial charge in [0.15, 0.2) is 0 Å². The van der Waals surface area contributed by atoms with Gasteiger partial charge in [0.1, 0.15) is 24.2 Å². The lowest BCUT2D eigenvalue weighted by Crippen LogP contribution is -2.67. The van der Waals surface area contributed by atoms with Crippen molar-refractivity contribution in [3.05, 3.63) is 125 Å². The van der Waals surface area contributed by atoms with E-state index in [9.17, 15) is 98.4 Å². The summed E-state index contributed by atoms with van der Waals surface area (Å²) in [4.78, 5) is 233. The molecule has 37 nitrogen and oxygen atoms in total. The van der Waals surface area contributed by atoms with E-state index in [1.54, 1.807) is 105 Å². The van der Waals surface area contributed by atoms with Crippen LogP contribution in [0.3, 0.4) is 0 Å². The minimum Gasteiger partial charge on any atom is -0.465 e. The molecule has 0 fully saturated rings. The van der Waals surface area contributed by atoms with E-state index in [2.05, 4.69) is 0 Å². The van der Waals surface area contributed by atoms with Gasteiger partial charge in [0.05, 0.1) is 35.2 Å². The number of carbonyl (C=O) groups excluding carboxylic acids is 8. The summed E-state index contributed by atoms with van der Waals surface area (Å²) in [5, 5.41) is 84.3. The number of nitrogens with zero attached hydrogens (tertiary/aromatic N) is 13. The van der Waals surface area contributed by atoms with Crippen molar-refractivity contribution in [3.63, 3.8) is 0 Å². The largest absolute Gasteiger partial charge is 0.465 e. The summed E-state index contributed by atoms with van der Waals surface area (Å²) in [7, 11) is 7.47. The SMILES string of the molecule is CC(C(=O)N(C)C(=O)O)N(c1ccc2c3c(cccc13)C=CC2(CN(CC1(N(C(C)C(=O)N(C)C(=O)O)C(C)C(=O)N(C)C(=O)O)C=Cc2cccc3c(N(C(C)C(=O)N(C)C(=O)O)C(C)C(=O)N(C)C(=O)O)c(C(C)(C)C)cc1c23)c1ccccc1)N(C(C)C(=O)N(C)C(=O)O)C(C)C(=O)N(C)C(=O)O)C(C)C(=O)N(C)C(=O)O. The van der Waals surface area contributed by atoms with E-state index in [0.717, 1.165) is 56.4 Å². The molecule has 10 atom stereocenters. The van der Waals surface area contributed by atoms with Gasteiger partial charge in [-0.25, -0.2) is 77.6 Å². The Morgan fingerprint density at radius 2 is 0.626 bits per heavy atom. The Labute approximate surface area is 660 Å². The molecule has 5 aromatic rings. The van der Waals surface area contributed by atoms with Crippen molar-refractivity contribution in [2.45, 2.75) is 141 Å². The predicted octanol–water partition coefficient (Wildman–Crippen LogP) is 8.36. The Morgan fingerprint density at radius 3 is 0.939 bits per heavy atom. The molecular formula is C78H95N13O24. The minimum atomic E-state index is -2.33. The van der Waals surface area contributed by atoms with Crippen LogP contribution in [0.25, 0.3) is 33.7 Å². The Balaban J connectivity index is 1.82. The molecule has 5 aromatic carbocycles. The van der Waals surface area contributed by atoms with Crippen LogP contribution >= 0.6 is 0 Å². The fourth-order valence-corrected chi connectivity index (χ4v) is 15.4. The molecule has 7 rings (SSSR count). The van der Waals surface area contributed by atoms with Crippen LogP contribution in [0.4, 0.5) is 55.4 Å². The molecule has 10 unspecified atom stereocenters. The van der Waals surface area contributed by atoms with Crippen molar-refractivity contribution in [2.24, 2.45) is 0 Å². The van der Waals surface area contributed by atoms with Crippen LogP contribution in [0, 0.1) is 0 Å². The number of amides is 16. The highest BCUT2D eigenvalue weighted by atomic mass is 16.4. The Morgan fingerprint density at radius 1 is 0.339 bits per heavy atom. The van der Waals surface area contributed by atoms with E-state index in [1.807, 2.05) is 0 Å². The second-order valence-electron chi connectivity index (χ2n) is 29.4. The number of para-hydroxylation sites is 1. The zero-order valence-electron chi connectivity index (χ0n) is 66.8. The number of hydrogen-bond acceptors (Lipinski definition) is 21. The predicted molar refractivity (Wildman–Crippen MR) is 417 cm³/mol. The maximum Gasteiger partial charge on any atom is 0.413 e. The number of anilines is 3. The highest BCUT2D eigenvalue weighted by Gasteiger charge is 2.56. The number of imide groups is 8. The van der Waals surface area contributed by atoms with E-state index < -0.39 is 174 Å². The number of carbonyl (C=O) groups is 16. The quantitative estimate of drug-likeness (QED) is 0.0272. The van der Waals surface area contributed by atoms with Gasteiger partial charge in [-0.2, -0.15) is 0 Å². The summed E-state index contributed by atoms with van der Waals surface area (Å²) in [5.41, 5.74) is -4.90. The Hall–Kier alpha value is -13.1. The number of benzene rings is 5. The van der Waals surface area contributed by atoms with Crippen molar-refractivity contribution >= 4 is 147 Å². The molecule has 0 heterocycles. The van der Waals surface area contributed by atoms with Crippen molar-refractivity contribution in [1.82, 2.24) is 49.0 Å². The molecule has 616 valence electrons. The van der Waals surface area contributed by atoms with Crippen molar-refractivity contribution < 1.29 is 118 Å². The molecule has 0 saturated heterocycles. The third kappa shape index (κ3) is 16.6. The first-order valence-corrected chi connectivity index (χ1v) is 35.9. The third-order valence-corrected chi connectivity index (χ3v) is 21.6. The van der Waals surface area contributed by atoms with Gasteiger partial charge >= 0.3 is 48.7 Å². The van der Waals surface area contributed by atoms with Gasteiger partial charge in [-0.15, -0.1) is 0 Å². The van der Waals surface area contributed by atoms with Crippen LogP contribution in [-0.2, 0) is 54.8 Å². The molecule has 16 amide bonds. The highest BCUT2D eigenvalue weighted by Crippen LogP contribution is 2.53. The van der Waals surface area contributed by atoms with Crippen LogP contribution in [0.1, 0.15) is 104 Å². The molecule has 0 bridgehead atoms. The monoisotopic (exact) mass is 1600 g/mol. The maximum atomic E-state index is 15.6. The number of rotatable bonds is 25. The van der Waals surface area contributed by atoms with Crippen LogP contribution < -0.4 is 14.7 Å². The average Bonchev–Trinajstić information content (AvgIpc) is 0.701. The molecule has 8 N–H and O–H groups in total. The molecule has 0 saturated carbocycles. The molecule has 0 spiro atoms. The zero-order chi connectivity index (χ0) is 86.9. The van der Waals surface area contributed by atoms with Gasteiger partial charge < -0.3 is 55.6 Å². The summed E-state index contributed by atoms with van der Waals surface area (Å²) in [6.07, 6.45) is -7.94. The van der Waals surface area contributed by atoms with Crippen LogP contribution in [-0.4, -0.2) is 304 Å². The molecule has 2 aliphatic carbocycles. The fraction of sp³-hybridized carbons (Fsp3) is 0.410. The topological polar surface area (TPSA) is 477 Å². The van der Waals surface area contributed by atoms with Gasteiger partial charge in [-0.05, 0) is 118 Å². The van der Waals surface area contributed by atoms with Crippen LogP contribution in [0.5, 0.6) is 0 Å². The Bertz CT molecular complexity index is 4740. The van der Waals surface area contributed by atoms with Gasteiger partial charge in [0, 0.05) is 97.3 Å². The highest BCUT2D eigenvalue weighted by molar-refractivity contribution is 6.11. The smallest absolute Gasteiger partial charge is 0.413 e. The lowest BCUT2D eigenvalue weighted by Gasteiger charge is -2.55. The lowest BCUT2D eigenvalue weighted by molar-refractivity contribution is -0.144. The fourth-order valence-electron chi connectivity index (χ4n) is 15.4. The van der Waals surface area contributed by atoms with Gasteiger partial charge in [0.2, 0.25) is 23.6 Å². The Kier molecular flexibility index (Phi) is 26.4. The summed E-state index contributed by atoms with van der Waals surface area (Å²) in [5.74, 6) is -9.37. The van der Waals surface area contributed by atoms with Crippen molar-refractivity contribution in [2.75, 3.05) is 84.2 Å². The number of likely N-dealkylation sites (N-methyl/N-ethyl adjacent to an activating group) is 8. The van der Waals surface area contributed by atoms with Gasteiger partial charge in [0.25, 0.3) is 23.6 Å². The number of carboxylic acid groups (broad SMARTS) is 8. The van der Waals surface area contributed by atoms with E-state index in [-0.39, 0.29) is 55.3 Å². The summed E-state index contributed by atoms with van der Waals surface area (Å²) in [6.45, 7) is 13.8. The first-order valence-electron chi connectivity index (χ1n) is 35.9. The van der Waals surface area contributed by atoms with E-state index in [4.69, 9.17) is 0 Å². The average molecular weight is 1600 g/mol. The molecule has 0 radical (unpaired) electrons. The van der Waals surface area contributed by atoms with Crippen LogP contribution in [0.2, 0.25) is 0 Å². The van der Waals surface area contributed by atoms with Gasteiger partial charge in [-0.1, -0.05) is 112 Å². The van der Waals surface area contributed by atoms with Gasteiger partial charge in [-0.3, -0.25) is 48.2 Å². The first-order chi connectivity index (χ1) is 53.3. The third-order valence-electron chi connectivity index (χ3n) is 21.6. The minimum absolute atomic E-state index is 0.0226. The van der Waals surface area contributed by atoms with Crippen molar-refractivity contribution in [1.29, 1.82) is 0 Å². The maximum absolute atomic E-state index is 15.6. The molecule has 0 aromatic heterocycles. The van der Waals surface area contributed by atoms with E-state index in [0.29, 0.717) is 50.3 Å². The molecule has 0 aliphatic heterocycles. The number of hydrogen-bond donors (Lipinski definition) is 8. The zero-order valence-corrected chi connectivity index (χ0v) is 66.8. The molecule has 37 heteroatoms.